The van der Waals surface area contributed by atoms with Gasteiger partial charge in [0.05, 0.1) is 14.2 Å². The quantitative estimate of drug-likeness (QED) is 0.333. The molecule has 62 valence electrons. The largest absolute Gasteiger partial charge is 0.513 e. The van der Waals surface area contributed by atoms with Gasteiger partial charge in [-0.1, -0.05) is 0 Å². The Morgan fingerprint density at radius 1 is 1.18 bits per heavy atom. The second kappa shape index (κ2) is 4.32. The van der Waals surface area contributed by atoms with E-state index >= 15 is 0 Å². The third-order valence-corrected chi connectivity index (χ3v) is 0.786. The van der Waals surface area contributed by atoms with Crippen LogP contribution in [0.5, 0.6) is 0 Å². The predicted molar refractivity (Wildman–Crippen MR) is 34.6 cm³/mol. The molecule has 0 heterocycles. The molecule has 0 fully saturated rings. The van der Waals surface area contributed by atoms with E-state index in [9.17, 15) is 9.59 Å². The lowest BCUT2D eigenvalue weighted by atomic mass is 10.6. The highest BCUT2D eigenvalue weighted by atomic mass is 16.7. The molecule has 5 heteroatoms. The Kier molecular flexibility index (Phi) is 3.72. The van der Waals surface area contributed by atoms with E-state index in [1.807, 2.05) is 0 Å². The van der Waals surface area contributed by atoms with Crippen LogP contribution in [-0.2, 0) is 19.0 Å². The Labute approximate surface area is 63.5 Å². The third-order valence-electron chi connectivity index (χ3n) is 0.786. The summed E-state index contributed by atoms with van der Waals surface area (Å²) in [5.74, 6) is -1.21. The van der Waals surface area contributed by atoms with Crippen LogP contribution in [0.25, 0.3) is 0 Å². The highest BCUT2D eigenvalue weighted by Gasteiger charge is 2.12. The molecule has 0 aromatic heterocycles. The first kappa shape index (κ1) is 9.48. The highest BCUT2D eigenvalue weighted by Crippen LogP contribution is 1.97. The van der Waals surface area contributed by atoms with Crippen LogP contribution in [0.1, 0.15) is 0 Å². The molecule has 0 aliphatic heterocycles. The average Bonchev–Trinajstić information content (AvgIpc) is 2.02. The molecule has 0 atom stereocenters. The predicted octanol–water partition coefficient (Wildman–Crippen LogP) is 0.456. The van der Waals surface area contributed by atoms with E-state index in [1.54, 1.807) is 0 Å². The molecule has 0 aromatic carbocycles. The van der Waals surface area contributed by atoms with Crippen LogP contribution in [0.4, 0.5) is 4.79 Å². The molecule has 0 aliphatic rings. The van der Waals surface area contributed by atoms with Gasteiger partial charge in [0.1, 0.15) is 0 Å². The maximum Gasteiger partial charge on any atom is 0.513 e. The molecule has 0 N–H and O–H groups in total. The molecule has 0 amide bonds. The van der Waals surface area contributed by atoms with Gasteiger partial charge in [0.15, 0.2) is 0 Å². The minimum atomic E-state index is -1.000. The van der Waals surface area contributed by atoms with E-state index < -0.39 is 17.9 Å². The Morgan fingerprint density at radius 3 is 2.09 bits per heavy atom. The summed E-state index contributed by atoms with van der Waals surface area (Å²) in [6, 6.07) is 0. The van der Waals surface area contributed by atoms with Gasteiger partial charge in [-0.15, -0.1) is 0 Å². The number of esters is 1. The first-order chi connectivity index (χ1) is 5.11. The maximum atomic E-state index is 10.5. The number of ether oxygens (including phenoxy) is 3. The van der Waals surface area contributed by atoms with Crippen molar-refractivity contribution in [2.45, 2.75) is 0 Å². The van der Waals surface area contributed by atoms with Crippen LogP contribution in [0, 0.1) is 0 Å². The summed E-state index contributed by atoms with van der Waals surface area (Å²) in [6.45, 7) is 3.12. The molecule has 5 nitrogen and oxygen atoms in total. The minimum Gasteiger partial charge on any atom is -0.463 e. The van der Waals surface area contributed by atoms with Gasteiger partial charge < -0.3 is 14.2 Å². The first-order valence-electron chi connectivity index (χ1n) is 2.64. The molecule has 0 radical (unpaired) electrons. The van der Waals surface area contributed by atoms with Crippen molar-refractivity contribution >= 4 is 12.1 Å². The van der Waals surface area contributed by atoms with E-state index in [-0.39, 0.29) is 0 Å². The van der Waals surface area contributed by atoms with E-state index in [1.165, 1.54) is 0 Å². The Hall–Kier alpha value is -1.52. The van der Waals surface area contributed by atoms with Crippen molar-refractivity contribution in [3.8, 4) is 0 Å². The molecule has 0 saturated carbocycles. The fourth-order valence-corrected chi connectivity index (χ4v) is 0.298. The fraction of sp³-hybridized carbons (Fsp3) is 0.333. The smallest absolute Gasteiger partial charge is 0.463 e. The van der Waals surface area contributed by atoms with Crippen molar-refractivity contribution in [3.05, 3.63) is 12.3 Å². The second-order valence-electron chi connectivity index (χ2n) is 1.47. The van der Waals surface area contributed by atoms with Gasteiger partial charge in [-0.3, -0.25) is 0 Å². The summed E-state index contributed by atoms with van der Waals surface area (Å²) in [7, 11) is 2.26. The molecule has 0 saturated heterocycles. The first-order valence-corrected chi connectivity index (χ1v) is 2.64. The monoisotopic (exact) mass is 160 g/mol. The zero-order valence-electron chi connectivity index (χ0n) is 6.25. The lowest BCUT2D eigenvalue weighted by molar-refractivity contribution is -0.139. The van der Waals surface area contributed by atoms with Crippen molar-refractivity contribution in [1.29, 1.82) is 0 Å². The summed E-state index contributed by atoms with van der Waals surface area (Å²) in [4.78, 5) is 20.8. The Balaban J connectivity index is 3.88. The molecule has 0 unspecified atom stereocenters. The summed E-state index contributed by atoms with van der Waals surface area (Å²) < 4.78 is 12.5. The highest BCUT2D eigenvalue weighted by molar-refractivity contribution is 5.87. The second-order valence-corrected chi connectivity index (χ2v) is 1.47. The Morgan fingerprint density at radius 2 is 1.73 bits per heavy atom. The molecule has 0 rings (SSSR count). The summed E-state index contributed by atoms with van der Waals surface area (Å²) in [5.41, 5.74) is 0. The summed E-state index contributed by atoms with van der Waals surface area (Å²) >= 11 is 0. The molecule has 0 aliphatic carbocycles. The summed E-state index contributed by atoms with van der Waals surface area (Å²) in [5, 5.41) is 0. The van der Waals surface area contributed by atoms with Crippen LogP contribution < -0.4 is 0 Å². The number of rotatable bonds is 2. The maximum absolute atomic E-state index is 10.5. The molecule has 11 heavy (non-hydrogen) atoms. The SMILES string of the molecule is C=C(OC(=O)OC)C(=O)OC. The molecule has 0 spiro atoms. The van der Waals surface area contributed by atoms with Crippen LogP contribution in [0.3, 0.4) is 0 Å². The Bertz CT molecular complexity index is 183. The van der Waals surface area contributed by atoms with Gasteiger partial charge in [0, 0.05) is 0 Å². The topological polar surface area (TPSA) is 61.8 Å². The van der Waals surface area contributed by atoms with Crippen LogP contribution in [0.15, 0.2) is 12.3 Å². The van der Waals surface area contributed by atoms with Gasteiger partial charge >= 0.3 is 12.1 Å². The van der Waals surface area contributed by atoms with Crippen molar-refractivity contribution in [3.63, 3.8) is 0 Å². The lowest BCUT2D eigenvalue weighted by Gasteiger charge is -2.02. The van der Waals surface area contributed by atoms with E-state index in [2.05, 4.69) is 20.8 Å². The van der Waals surface area contributed by atoms with Gasteiger partial charge in [-0.2, -0.15) is 0 Å². The van der Waals surface area contributed by atoms with Crippen LogP contribution >= 0.6 is 0 Å². The van der Waals surface area contributed by atoms with Gasteiger partial charge in [-0.05, 0) is 6.58 Å². The average molecular weight is 160 g/mol. The van der Waals surface area contributed by atoms with Crippen LogP contribution in [0.2, 0.25) is 0 Å². The van der Waals surface area contributed by atoms with Crippen LogP contribution in [-0.4, -0.2) is 26.3 Å². The van der Waals surface area contributed by atoms with Crippen molar-refractivity contribution in [1.82, 2.24) is 0 Å². The fourth-order valence-electron chi connectivity index (χ4n) is 0.298. The van der Waals surface area contributed by atoms with Crippen molar-refractivity contribution in [2.75, 3.05) is 14.2 Å². The van der Waals surface area contributed by atoms with E-state index in [0.717, 1.165) is 14.2 Å². The summed E-state index contributed by atoms with van der Waals surface area (Å²) in [6.07, 6.45) is -1.000. The molecular formula is C6H8O5. The zero-order valence-corrected chi connectivity index (χ0v) is 6.25. The van der Waals surface area contributed by atoms with Gasteiger partial charge in [0.2, 0.25) is 5.76 Å². The molecule has 0 bridgehead atoms. The third kappa shape index (κ3) is 3.24. The number of hydrogen-bond donors (Lipinski definition) is 0. The zero-order chi connectivity index (χ0) is 8.85. The van der Waals surface area contributed by atoms with Gasteiger partial charge in [0.25, 0.3) is 0 Å². The lowest BCUT2D eigenvalue weighted by Crippen LogP contribution is -2.11. The van der Waals surface area contributed by atoms with Crippen molar-refractivity contribution < 1.29 is 23.8 Å². The number of methoxy groups -OCH3 is 2. The van der Waals surface area contributed by atoms with Crippen molar-refractivity contribution in [2.24, 2.45) is 0 Å². The number of carbonyl (C=O) groups is 2. The number of carbonyl (C=O) groups excluding carboxylic acids is 2. The standard InChI is InChI=1S/C6H8O5/c1-4(5(7)9-2)11-6(8)10-3/h1H2,2-3H3. The molecular weight excluding hydrogens is 152 g/mol. The van der Waals surface area contributed by atoms with E-state index in [0.29, 0.717) is 0 Å². The minimum absolute atomic E-state index is 0.403. The number of hydrogen-bond acceptors (Lipinski definition) is 5. The van der Waals surface area contributed by atoms with E-state index in [4.69, 9.17) is 0 Å². The molecule has 0 aromatic rings. The van der Waals surface area contributed by atoms with Gasteiger partial charge in [-0.25, -0.2) is 9.59 Å². The normalized spacial score (nSPS) is 8.18.